The minimum atomic E-state index is -0.421. The summed E-state index contributed by atoms with van der Waals surface area (Å²) >= 11 is 0. The van der Waals surface area contributed by atoms with Gasteiger partial charge in [-0.3, -0.25) is 9.59 Å². The minimum Gasteiger partial charge on any atom is -0.465 e. The number of rotatable bonds is 7. The Morgan fingerprint density at radius 2 is 2.07 bits per heavy atom. The molecule has 0 aliphatic heterocycles. The van der Waals surface area contributed by atoms with Crippen LogP contribution in [0.2, 0.25) is 0 Å². The van der Waals surface area contributed by atoms with Crippen molar-refractivity contribution in [2.75, 3.05) is 13.2 Å². The van der Waals surface area contributed by atoms with Crippen LogP contribution < -0.4 is 11.1 Å². The number of ether oxygens (including phenoxy) is 1. The van der Waals surface area contributed by atoms with Gasteiger partial charge in [-0.05, 0) is 13.3 Å². The van der Waals surface area contributed by atoms with Gasteiger partial charge in [0.25, 0.3) is 0 Å². The Labute approximate surface area is 90.4 Å². The second kappa shape index (κ2) is 8.23. The van der Waals surface area contributed by atoms with Gasteiger partial charge in [-0.15, -0.1) is 0 Å². The lowest BCUT2D eigenvalue weighted by Gasteiger charge is -2.09. The molecular formula is C10H20N2O3. The Morgan fingerprint density at radius 1 is 1.40 bits per heavy atom. The third-order valence-corrected chi connectivity index (χ3v) is 1.84. The van der Waals surface area contributed by atoms with Crippen LogP contribution in [0.1, 0.15) is 33.1 Å². The molecular weight excluding hydrogens is 196 g/mol. The molecule has 0 bridgehead atoms. The molecule has 1 amide bonds. The van der Waals surface area contributed by atoms with E-state index in [4.69, 9.17) is 5.73 Å². The van der Waals surface area contributed by atoms with E-state index in [9.17, 15) is 9.59 Å². The summed E-state index contributed by atoms with van der Waals surface area (Å²) in [6, 6.07) is -0.128. The maximum Gasteiger partial charge on any atom is 0.325 e. The van der Waals surface area contributed by atoms with Gasteiger partial charge in [-0.2, -0.15) is 0 Å². The monoisotopic (exact) mass is 216 g/mol. The molecule has 0 rings (SSSR count). The number of amides is 1. The fourth-order valence-electron chi connectivity index (χ4n) is 1.17. The molecule has 0 aromatic heterocycles. The minimum absolute atomic E-state index is 0.0779. The zero-order valence-electron chi connectivity index (χ0n) is 9.41. The van der Waals surface area contributed by atoms with Gasteiger partial charge < -0.3 is 15.8 Å². The first-order valence-corrected chi connectivity index (χ1v) is 5.28. The molecule has 0 saturated heterocycles. The second-order valence-electron chi connectivity index (χ2n) is 3.33. The molecule has 0 aromatic carbocycles. The number of carbonyl (C=O) groups excluding carboxylic acids is 2. The largest absolute Gasteiger partial charge is 0.465 e. The van der Waals surface area contributed by atoms with E-state index >= 15 is 0 Å². The standard InChI is InChI=1S/C10H20N2O3/c1-3-5-8(11)6-9(13)12-7-10(14)15-4-2/h8H,3-7,11H2,1-2H3,(H,12,13). The van der Waals surface area contributed by atoms with Crippen LogP contribution in [0.5, 0.6) is 0 Å². The SMILES string of the molecule is CCCC(N)CC(=O)NCC(=O)OCC. The maximum atomic E-state index is 11.2. The molecule has 15 heavy (non-hydrogen) atoms. The Kier molecular flexibility index (Phi) is 7.62. The lowest BCUT2D eigenvalue weighted by Crippen LogP contribution is -2.35. The van der Waals surface area contributed by atoms with Crippen molar-refractivity contribution in [3.8, 4) is 0 Å². The van der Waals surface area contributed by atoms with E-state index in [2.05, 4.69) is 10.1 Å². The average molecular weight is 216 g/mol. The summed E-state index contributed by atoms with van der Waals surface area (Å²) in [5, 5.41) is 2.46. The van der Waals surface area contributed by atoms with Gasteiger partial charge in [0.2, 0.25) is 5.91 Å². The highest BCUT2D eigenvalue weighted by Crippen LogP contribution is 1.97. The lowest BCUT2D eigenvalue weighted by molar-refractivity contribution is -0.143. The van der Waals surface area contributed by atoms with Crippen LogP contribution in [-0.4, -0.2) is 31.1 Å². The Bertz CT molecular complexity index is 207. The van der Waals surface area contributed by atoms with Gasteiger partial charge in [0.15, 0.2) is 0 Å². The normalized spacial score (nSPS) is 11.9. The van der Waals surface area contributed by atoms with Crippen molar-refractivity contribution in [1.82, 2.24) is 5.32 Å². The lowest BCUT2D eigenvalue weighted by atomic mass is 10.1. The molecule has 1 unspecified atom stereocenters. The first-order chi connectivity index (χ1) is 7.10. The molecule has 0 fully saturated rings. The van der Waals surface area contributed by atoms with Crippen LogP contribution in [0.4, 0.5) is 0 Å². The number of carbonyl (C=O) groups is 2. The van der Waals surface area contributed by atoms with Crippen LogP contribution in [0.15, 0.2) is 0 Å². The van der Waals surface area contributed by atoms with Gasteiger partial charge in [0.1, 0.15) is 6.54 Å². The van der Waals surface area contributed by atoms with Crippen molar-refractivity contribution < 1.29 is 14.3 Å². The van der Waals surface area contributed by atoms with E-state index in [-0.39, 0.29) is 24.9 Å². The maximum absolute atomic E-state index is 11.2. The highest BCUT2D eigenvalue weighted by atomic mass is 16.5. The van der Waals surface area contributed by atoms with Gasteiger partial charge in [-0.1, -0.05) is 13.3 Å². The molecule has 0 radical (unpaired) electrons. The Hall–Kier alpha value is -1.10. The van der Waals surface area contributed by atoms with Crippen LogP contribution in [0.25, 0.3) is 0 Å². The van der Waals surface area contributed by atoms with Crippen molar-refractivity contribution in [2.45, 2.75) is 39.2 Å². The highest BCUT2D eigenvalue weighted by Gasteiger charge is 2.10. The Balaban J connectivity index is 3.61. The van der Waals surface area contributed by atoms with E-state index < -0.39 is 5.97 Å². The number of hydrogen-bond donors (Lipinski definition) is 2. The number of esters is 1. The fourth-order valence-corrected chi connectivity index (χ4v) is 1.17. The third-order valence-electron chi connectivity index (χ3n) is 1.84. The predicted molar refractivity (Wildman–Crippen MR) is 57.1 cm³/mol. The van der Waals surface area contributed by atoms with Crippen molar-refractivity contribution in [2.24, 2.45) is 5.73 Å². The van der Waals surface area contributed by atoms with Crippen molar-refractivity contribution in [3.63, 3.8) is 0 Å². The van der Waals surface area contributed by atoms with E-state index in [1.807, 2.05) is 6.92 Å². The van der Waals surface area contributed by atoms with Crippen molar-refractivity contribution in [1.29, 1.82) is 0 Å². The molecule has 5 nitrogen and oxygen atoms in total. The molecule has 0 aliphatic rings. The van der Waals surface area contributed by atoms with Gasteiger partial charge in [-0.25, -0.2) is 0 Å². The first-order valence-electron chi connectivity index (χ1n) is 5.28. The molecule has 3 N–H and O–H groups in total. The number of nitrogens with one attached hydrogen (secondary N) is 1. The van der Waals surface area contributed by atoms with Crippen LogP contribution in [-0.2, 0) is 14.3 Å². The molecule has 5 heteroatoms. The zero-order valence-corrected chi connectivity index (χ0v) is 9.41. The van der Waals surface area contributed by atoms with E-state index in [0.29, 0.717) is 6.61 Å². The Morgan fingerprint density at radius 3 is 2.60 bits per heavy atom. The molecule has 0 aromatic rings. The van der Waals surface area contributed by atoms with Crippen molar-refractivity contribution in [3.05, 3.63) is 0 Å². The van der Waals surface area contributed by atoms with Gasteiger partial charge in [0, 0.05) is 12.5 Å². The fraction of sp³-hybridized carbons (Fsp3) is 0.800. The zero-order chi connectivity index (χ0) is 11.7. The molecule has 0 aliphatic carbocycles. The summed E-state index contributed by atoms with van der Waals surface area (Å²) in [6.07, 6.45) is 2.02. The topological polar surface area (TPSA) is 81.4 Å². The summed E-state index contributed by atoms with van der Waals surface area (Å²) in [6.45, 7) is 3.98. The summed E-state index contributed by atoms with van der Waals surface area (Å²) in [5.41, 5.74) is 5.67. The molecule has 0 spiro atoms. The number of nitrogens with two attached hydrogens (primary N) is 1. The highest BCUT2D eigenvalue weighted by molar-refractivity contribution is 5.82. The summed E-state index contributed by atoms with van der Waals surface area (Å²) in [7, 11) is 0. The van der Waals surface area contributed by atoms with Crippen LogP contribution >= 0.6 is 0 Å². The molecule has 0 heterocycles. The predicted octanol–water partition coefficient (Wildman–Crippen LogP) is 0.183. The molecule has 0 saturated carbocycles. The van der Waals surface area contributed by atoms with E-state index in [1.54, 1.807) is 6.92 Å². The average Bonchev–Trinajstić information content (AvgIpc) is 2.15. The van der Waals surface area contributed by atoms with Crippen LogP contribution in [0, 0.1) is 0 Å². The number of hydrogen-bond acceptors (Lipinski definition) is 4. The first kappa shape index (κ1) is 13.9. The van der Waals surface area contributed by atoms with Gasteiger partial charge >= 0.3 is 5.97 Å². The quantitative estimate of drug-likeness (QED) is 0.595. The van der Waals surface area contributed by atoms with Gasteiger partial charge in [0.05, 0.1) is 6.61 Å². The molecule has 88 valence electrons. The second-order valence-corrected chi connectivity index (χ2v) is 3.33. The smallest absolute Gasteiger partial charge is 0.325 e. The summed E-state index contributed by atoms with van der Waals surface area (Å²) < 4.78 is 4.66. The summed E-state index contributed by atoms with van der Waals surface area (Å²) in [5.74, 6) is -0.626. The third kappa shape index (κ3) is 7.93. The van der Waals surface area contributed by atoms with E-state index in [0.717, 1.165) is 12.8 Å². The summed E-state index contributed by atoms with van der Waals surface area (Å²) in [4.78, 5) is 22.1. The van der Waals surface area contributed by atoms with Crippen molar-refractivity contribution >= 4 is 11.9 Å². The van der Waals surface area contributed by atoms with Crippen LogP contribution in [0.3, 0.4) is 0 Å². The van der Waals surface area contributed by atoms with E-state index in [1.165, 1.54) is 0 Å². The molecule has 1 atom stereocenters.